The normalized spacial score (nSPS) is 18.0. The molecule has 2 N–H and O–H groups in total. The van der Waals surface area contributed by atoms with Gasteiger partial charge in [-0.25, -0.2) is 0 Å². The summed E-state index contributed by atoms with van der Waals surface area (Å²) < 4.78 is 13.2. The summed E-state index contributed by atoms with van der Waals surface area (Å²) in [6.45, 7) is -0.0431. The number of carbonyl (C=O) groups is 2. The van der Waals surface area contributed by atoms with Crippen LogP contribution in [0.25, 0.3) is 0 Å². The Hall–Kier alpha value is -4.36. The minimum atomic E-state index is -0.926. The molecule has 3 heterocycles. The van der Waals surface area contributed by atoms with Gasteiger partial charge in [-0.05, 0) is 43.5 Å². The van der Waals surface area contributed by atoms with Crippen molar-refractivity contribution in [2.45, 2.75) is 30.9 Å². The molecule has 2 aliphatic rings. The molecule has 1 saturated carbocycles. The van der Waals surface area contributed by atoms with E-state index in [-0.39, 0.29) is 18.2 Å². The molecule has 10 nitrogen and oxygen atoms in total. The van der Waals surface area contributed by atoms with E-state index in [1.807, 2.05) is 0 Å². The molecule has 10 heteroatoms. The Kier molecular flexibility index (Phi) is 6.08. The number of nitrogens with one attached hydrogen (secondary N) is 1. The van der Waals surface area contributed by atoms with E-state index in [4.69, 9.17) is 9.47 Å². The number of aliphatic hydroxyl groups is 1. The molecule has 36 heavy (non-hydrogen) atoms. The molecular formula is C26H25N5O5. The number of carbonyl (C=O) groups excluding carboxylic acids is 2. The number of benzene rings is 1. The Morgan fingerprint density at radius 2 is 2.08 bits per heavy atom. The number of ether oxygens (including phenoxy) is 2. The quantitative estimate of drug-likeness (QED) is 0.541. The Labute approximate surface area is 207 Å². The van der Waals surface area contributed by atoms with Crippen LogP contribution in [0.15, 0.2) is 48.9 Å². The maximum absolute atomic E-state index is 13.2. The second kappa shape index (κ2) is 9.36. The summed E-state index contributed by atoms with van der Waals surface area (Å²) in [6, 6.07) is 7.45. The number of nitrogens with zero attached hydrogens (tertiary/aromatic N) is 4. The molecule has 2 aromatic heterocycles. The molecule has 3 aromatic rings. The molecular weight excluding hydrogens is 462 g/mol. The lowest BCUT2D eigenvalue weighted by Crippen LogP contribution is -2.49. The number of hydrogen-bond acceptors (Lipinski definition) is 7. The van der Waals surface area contributed by atoms with Gasteiger partial charge in [0.05, 0.1) is 18.1 Å². The summed E-state index contributed by atoms with van der Waals surface area (Å²) in [5.74, 6) is 6.47. The molecule has 1 fully saturated rings. The van der Waals surface area contributed by atoms with Crippen LogP contribution in [0.1, 0.15) is 35.3 Å². The van der Waals surface area contributed by atoms with Crippen LogP contribution in [-0.4, -0.2) is 57.0 Å². The summed E-state index contributed by atoms with van der Waals surface area (Å²) in [6.07, 6.45) is 7.01. The fourth-order valence-electron chi connectivity index (χ4n) is 3.92. The van der Waals surface area contributed by atoms with Crippen LogP contribution in [-0.2, 0) is 11.8 Å². The van der Waals surface area contributed by atoms with E-state index in [0.29, 0.717) is 41.3 Å². The van der Waals surface area contributed by atoms with E-state index in [1.54, 1.807) is 55.4 Å². The molecule has 1 aliphatic heterocycles. The van der Waals surface area contributed by atoms with Crippen molar-refractivity contribution in [1.82, 2.24) is 20.1 Å². The summed E-state index contributed by atoms with van der Waals surface area (Å²) in [7, 11) is 3.39. The third-order valence-corrected chi connectivity index (χ3v) is 6.16. The molecule has 0 radical (unpaired) electrons. The van der Waals surface area contributed by atoms with Crippen LogP contribution in [0, 0.1) is 11.8 Å². The predicted molar refractivity (Wildman–Crippen MR) is 130 cm³/mol. The van der Waals surface area contributed by atoms with Crippen molar-refractivity contribution in [3.8, 4) is 29.1 Å². The number of rotatable bonds is 4. The zero-order valence-corrected chi connectivity index (χ0v) is 19.9. The van der Waals surface area contributed by atoms with Gasteiger partial charge in [0, 0.05) is 31.9 Å². The number of anilines is 1. The third-order valence-electron chi connectivity index (χ3n) is 6.16. The number of aryl methyl sites for hydroxylation is 1. The smallest absolute Gasteiger partial charge is 0.270 e. The predicted octanol–water partition coefficient (Wildman–Crippen LogP) is 2.03. The second-order valence-corrected chi connectivity index (χ2v) is 8.88. The van der Waals surface area contributed by atoms with Crippen molar-refractivity contribution >= 4 is 17.5 Å². The minimum Gasteiger partial charge on any atom is -0.489 e. The van der Waals surface area contributed by atoms with Crippen molar-refractivity contribution < 1.29 is 24.2 Å². The lowest BCUT2D eigenvalue weighted by atomic mass is 9.81. The molecule has 0 saturated heterocycles. The highest BCUT2D eigenvalue weighted by molar-refractivity contribution is 6.03. The number of amides is 2. The van der Waals surface area contributed by atoms with E-state index in [9.17, 15) is 14.7 Å². The molecule has 5 rings (SSSR count). The number of fused-ring (bicyclic) bond motifs is 1. The molecule has 2 amide bonds. The Morgan fingerprint density at radius 1 is 1.25 bits per heavy atom. The van der Waals surface area contributed by atoms with Gasteiger partial charge in [0.1, 0.15) is 35.4 Å². The highest BCUT2D eigenvalue weighted by atomic mass is 16.5. The highest BCUT2D eigenvalue weighted by Crippen LogP contribution is 2.33. The zero-order chi connectivity index (χ0) is 25.3. The zero-order valence-electron chi connectivity index (χ0n) is 19.9. The first-order chi connectivity index (χ1) is 17.3. The van der Waals surface area contributed by atoms with Crippen molar-refractivity contribution in [3.63, 3.8) is 0 Å². The van der Waals surface area contributed by atoms with Gasteiger partial charge in [0.25, 0.3) is 11.8 Å². The third kappa shape index (κ3) is 4.87. The number of pyridine rings is 1. The molecule has 0 unspecified atom stereocenters. The monoisotopic (exact) mass is 487 g/mol. The van der Waals surface area contributed by atoms with Crippen molar-refractivity contribution in [1.29, 1.82) is 0 Å². The lowest BCUT2D eigenvalue weighted by molar-refractivity contribution is -0.120. The maximum atomic E-state index is 13.2. The topological polar surface area (TPSA) is 119 Å². The van der Waals surface area contributed by atoms with Crippen LogP contribution in [0.4, 0.5) is 5.69 Å². The van der Waals surface area contributed by atoms with Gasteiger partial charge in [0.2, 0.25) is 0 Å². The summed E-state index contributed by atoms with van der Waals surface area (Å²) >= 11 is 0. The summed E-state index contributed by atoms with van der Waals surface area (Å²) in [5, 5.41) is 17.0. The van der Waals surface area contributed by atoms with E-state index in [0.717, 1.165) is 6.42 Å². The maximum Gasteiger partial charge on any atom is 0.270 e. The molecule has 1 aliphatic carbocycles. The van der Waals surface area contributed by atoms with Gasteiger partial charge in [-0.1, -0.05) is 11.8 Å². The molecule has 0 spiro atoms. The first-order valence-electron chi connectivity index (χ1n) is 11.5. The van der Waals surface area contributed by atoms with Crippen LogP contribution in [0.2, 0.25) is 0 Å². The Balaban J connectivity index is 1.29. The molecule has 184 valence electrons. The van der Waals surface area contributed by atoms with Crippen LogP contribution in [0.3, 0.4) is 0 Å². The molecule has 0 bridgehead atoms. The van der Waals surface area contributed by atoms with Crippen molar-refractivity contribution in [3.05, 3.63) is 60.2 Å². The van der Waals surface area contributed by atoms with Gasteiger partial charge < -0.3 is 24.8 Å². The van der Waals surface area contributed by atoms with E-state index < -0.39 is 17.6 Å². The lowest BCUT2D eigenvalue weighted by Gasteiger charge is -2.30. The van der Waals surface area contributed by atoms with Crippen LogP contribution >= 0.6 is 0 Å². The molecule has 1 aromatic carbocycles. The fraction of sp³-hybridized carbons (Fsp3) is 0.308. The Morgan fingerprint density at radius 3 is 2.81 bits per heavy atom. The second-order valence-electron chi connectivity index (χ2n) is 8.88. The average molecular weight is 488 g/mol. The average Bonchev–Trinajstić information content (AvgIpc) is 3.23. The number of aromatic nitrogens is 3. The van der Waals surface area contributed by atoms with Gasteiger partial charge in [0.15, 0.2) is 5.75 Å². The van der Waals surface area contributed by atoms with Crippen molar-refractivity contribution in [2.24, 2.45) is 7.05 Å². The number of hydrogen-bond donors (Lipinski definition) is 2. The summed E-state index contributed by atoms with van der Waals surface area (Å²) in [4.78, 5) is 31.6. The SMILES string of the molecule is CN1C(=O)[C@@H](NC(=O)c2cc(Oc3cnn(C)c3)ccn2)COc2ccc(C#CC3(O)CCC3)cc21. The van der Waals surface area contributed by atoms with E-state index in [1.165, 1.54) is 17.2 Å². The van der Waals surface area contributed by atoms with Crippen molar-refractivity contribution in [2.75, 3.05) is 18.6 Å². The van der Waals surface area contributed by atoms with E-state index >= 15 is 0 Å². The first-order valence-corrected chi connectivity index (χ1v) is 11.5. The summed E-state index contributed by atoms with van der Waals surface area (Å²) in [5.41, 5.74) is 0.373. The minimum absolute atomic E-state index is 0.0431. The fourth-order valence-corrected chi connectivity index (χ4v) is 3.92. The molecule has 1 atom stereocenters. The standard InChI is InChI=1S/C26H25N5O5/c1-30-15-19(14-28-30)36-18-7-11-27-20(13-18)24(32)29-21-16-35-23-5-4-17(6-10-26(34)8-3-9-26)12-22(23)31(2)25(21)33/h4-5,7,11-15,21,34H,3,8-9,16H2,1-2H3,(H,29,32)/t21-/m0/s1. The van der Waals surface area contributed by atoms with Crippen LogP contribution in [0.5, 0.6) is 17.2 Å². The van der Waals surface area contributed by atoms with Gasteiger partial charge in [-0.3, -0.25) is 19.3 Å². The van der Waals surface area contributed by atoms with Gasteiger partial charge >= 0.3 is 0 Å². The van der Waals surface area contributed by atoms with Gasteiger partial charge in [-0.2, -0.15) is 5.10 Å². The Bertz CT molecular complexity index is 1380. The van der Waals surface area contributed by atoms with E-state index in [2.05, 4.69) is 27.2 Å². The number of likely N-dealkylation sites (N-methyl/N-ethyl adjacent to an activating group) is 1. The largest absolute Gasteiger partial charge is 0.489 e. The first kappa shape index (κ1) is 23.4. The van der Waals surface area contributed by atoms with Crippen LogP contribution < -0.4 is 19.7 Å². The van der Waals surface area contributed by atoms with Gasteiger partial charge in [-0.15, -0.1) is 0 Å². The highest BCUT2D eigenvalue weighted by Gasteiger charge is 2.33.